The van der Waals surface area contributed by atoms with E-state index in [0.29, 0.717) is 12.5 Å². The fourth-order valence-electron chi connectivity index (χ4n) is 4.07. The molecule has 2 atom stereocenters. The fourth-order valence-corrected chi connectivity index (χ4v) is 4.07. The highest BCUT2D eigenvalue weighted by Crippen LogP contribution is 2.48. The van der Waals surface area contributed by atoms with Crippen molar-refractivity contribution < 1.29 is 4.79 Å². The molecule has 1 aliphatic heterocycles. The van der Waals surface area contributed by atoms with Gasteiger partial charge < -0.3 is 10.6 Å². The molecule has 0 saturated heterocycles. The maximum Gasteiger partial charge on any atom is 0.224 e. The molecule has 0 spiro atoms. The van der Waals surface area contributed by atoms with Gasteiger partial charge in [0, 0.05) is 25.6 Å². The number of halogens is 1. The van der Waals surface area contributed by atoms with Crippen LogP contribution in [-0.4, -0.2) is 5.91 Å². The molecule has 138 valence electrons. The molecule has 0 bridgehead atoms. The Bertz CT molecular complexity index is 1000. The van der Waals surface area contributed by atoms with Gasteiger partial charge in [-0.2, -0.15) is 0 Å². The third-order valence-corrected chi connectivity index (χ3v) is 5.70. The normalized spacial score (nSPS) is 20.0. The standard InChI is InChI=1S/C23H22N2O.ClH/c26-23(25-12-15-5-6-19-13-24-14-20(19)9-15)22-11-21(22)18-8-7-16-3-1-2-4-17(16)10-18;/h1-10,21-22,24H,11-14H2,(H,25,26);1H. The molecule has 3 aromatic rings. The summed E-state index contributed by atoms with van der Waals surface area (Å²) in [5.41, 5.74) is 5.20. The molecule has 1 amide bonds. The van der Waals surface area contributed by atoms with E-state index < -0.39 is 0 Å². The molecule has 2 aliphatic rings. The van der Waals surface area contributed by atoms with E-state index in [-0.39, 0.29) is 24.2 Å². The largest absolute Gasteiger partial charge is 0.352 e. The highest BCUT2D eigenvalue weighted by Gasteiger charge is 2.43. The van der Waals surface area contributed by atoms with Gasteiger partial charge in [0.2, 0.25) is 5.91 Å². The van der Waals surface area contributed by atoms with E-state index in [1.165, 1.54) is 33.0 Å². The number of amides is 1. The second kappa shape index (κ2) is 7.34. The molecule has 3 nitrogen and oxygen atoms in total. The molecular formula is C23H23ClN2O. The molecule has 0 radical (unpaired) electrons. The Kier molecular flexibility index (Phi) is 4.90. The molecule has 0 aromatic heterocycles. The molecule has 2 N–H and O–H groups in total. The van der Waals surface area contributed by atoms with Crippen LogP contribution in [0.2, 0.25) is 0 Å². The van der Waals surface area contributed by atoms with Gasteiger partial charge in [-0.3, -0.25) is 4.79 Å². The minimum Gasteiger partial charge on any atom is -0.352 e. The smallest absolute Gasteiger partial charge is 0.224 e. The monoisotopic (exact) mass is 378 g/mol. The van der Waals surface area contributed by atoms with Crippen molar-refractivity contribution in [1.82, 2.24) is 10.6 Å². The van der Waals surface area contributed by atoms with Crippen LogP contribution in [0.5, 0.6) is 0 Å². The van der Waals surface area contributed by atoms with Crippen LogP contribution < -0.4 is 10.6 Å². The van der Waals surface area contributed by atoms with Gasteiger partial charge >= 0.3 is 0 Å². The van der Waals surface area contributed by atoms with Crippen molar-refractivity contribution >= 4 is 29.1 Å². The highest BCUT2D eigenvalue weighted by atomic mass is 35.5. The van der Waals surface area contributed by atoms with Gasteiger partial charge in [-0.05, 0) is 45.4 Å². The zero-order valence-electron chi connectivity index (χ0n) is 15.1. The van der Waals surface area contributed by atoms with Crippen LogP contribution in [0.25, 0.3) is 10.8 Å². The van der Waals surface area contributed by atoms with Crippen LogP contribution >= 0.6 is 12.4 Å². The second-order valence-electron chi connectivity index (χ2n) is 7.48. The molecule has 1 saturated carbocycles. The minimum absolute atomic E-state index is 0. The Hall–Kier alpha value is -2.36. The molecule has 5 rings (SSSR count). The average molecular weight is 379 g/mol. The third kappa shape index (κ3) is 3.58. The average Bonchev–Trinajstić information content (AvgIpc) is 3.35. The summed E-state index contributed by atoms with van der Waals surface area (Å²) < 4.78 is 0. The lowest BCUT2D eigenvalue weighted by Crippen LogP contribution is -2.24. The maximum atomic E-state index is 12.5. The first kappa shape index (κ1) is 18.0. The number of rotatable bonds is 4. The molecule has 3 aromatic carbocycles. The molecule has 1 fully saturated rings. The summed E-state index contributed by atoms with van der Waals surface area (Å²) in [7, 11) is 0. The van der Waals surface area contributed by atoms with Gasteiger partial charge in [0.05, 0.1) is 0 Å². The first-order chi connectivity index (χ1) is 12.8. The Morgan fingerprint density at radius 1 is 0.963 bits per heavy atom. The van der Waals surface area contributed by atoms with E-state index in [1.807, 2.05) is 0 Å². The topological polar surface area (TPSA) is 41.1 Å². The van der Waals surface area contributed by atoms with Crippen LogP contribution in [0.15, 0.2) is 60.7 Å². The van der Waals surface area contributed by atoms with Crippen LogP contribution in [0.1, 0.15) is 34.6 Å². The molecular weight excluding hydrogens is 356 g/mol. The molecule has 2 unspecified atom stereocenters. The SMILES string of the molecule is Cl.O=C(NCc1ccc2c(c1)CNC2)C1CC1c1ccc2ccccc2c1. The van der Waals surface area contributed by atoms with Crippen molar-refractivity contribution in [2.45, 2.75) is 32.0 Å². The lowest BCUT2D eigenvalue weighted by atomic mass is 10.0. The lowest BCUT2D eigenvalue weighted by molar-refractivity contribution is -0.122. The van der Waals surface area contributed by atoms with Crippen molar-refractivity contribution in [3.63, 3.8) is 0 Å². The van der Waals surface area contributed by atoms with Crippen LogP contribution in [0.3, 0.4) is 0 Å². The second-order valence-corrected chi connectivity index (χ2v) is 7.48. The quantitative estimate of drug-likeness (QED) is 0.711. The van der Waals surface area contributed by atoms with Crippen molar-refractivity contribution in [1.29, 1.82) is 0 Å². The minimum atomic E-state index is 0. The predicted molar refractivity (Wildman–Crippen MR) is 111 cm³/mol. The molecule has 27 heavy (non-hydrogen) atoms. The van der Waals surface area contributed by atoms with Gasteiger partial charge in [-0.25, -0.2) is 0 Å². The van der Waals surface area contributed by atoms with Crippen molar-refractivity contribution in [3.05, 3.63) is 82.9 Å². The van der Waals surface area contributed by atoms with E-state index in [0.717, 1.165) is 19.5 Å². The Labute approximate surface area is 165 Å². The van der Waals surface area contributed by atoms with E-state index in [9.17, 15) is 4.79 Å². The zero-order chi connectivity index (χ0) is 17.5. The lowest BCUT2D eigenvalue weighted by Gasteiger charge is -2.07. The Morgan fingerprint density at radius 3 is 2.67 bits per heavy atom. The van der Waals surface area contributed by atoms with Crippen LogP contribution in [-0.2, 0) is 24.4 Å². The summed E-state index contributed by atoms with van der Waals surface area (Å²) in [6, 6.07) is 21.5. The number of hydrogen-bond donors (Lipinski definition) is 2. The number of benzene rings is 3. The molecule has 4 heteroatoms. The highest BCUT2D eigenvalue weighted by molar-refractivity contribution is 5.86. The van der Waals surface area contributed by atoms with E-state index in [1.54, 1.807) is 0 Å². The third-order valence-electron chi connectivity index (χ3n) is 5.70. The summed E-state index contributed by atoms with van der Waals surface area (Å²) in [6.07, 6.45) is 0.957. The fraction of sp³-hybridized carbons (Fsp3) is 0.261. The van der Waals surface area contributed by atoms with Gasteiger partial charge in [0.25, 0.3) is 0 Å². The summed E-state index contributed by atoms with van der Waals surface area (Å²) >= 11 is 0. The van der Waals surface area contributed by atoms with Crippen molar-refractivity contribution in [3.8, 4) is 0 Å². The maximum absolute atomic E-state index is 12.5. The number of carbonyl (C=O) groups excluding carboxylic acids is 1. The zero-order valence-corrected chi connectivity index (χ0v) is 15.9. The van der Waals surface area contributed by atoms with Crippen LogP contribution in [0.4, 0.5) is 0 Å². The Morgan fingerprint density at radius 2 is 1.78 bits per heavy atom. The van der Waals surface area contributed by atoms with Crippen LogP contribution in [0, 0.1) is 5.92 Å². The summed E-state index contributed by atoms with van der Waals surface area (Å²) in [6.45, 7) is 2.51. The molecule has 1 aliphatic carbocycles. The first-order valence-electron chi connectivity index (χ1n) is 9.36. The van der Waals surface area contributed by atoms with Crippen molar-refractivity contribution in [2.75, 3.05) is 0 Å². The number of nitrogens with one attached hydrogen (secondary N) is 2. The summed E-state index contributed by atoms with van der Waals surface area (Å²) in [5.74, 6) is 0.665. The molecule has 1 heterocycles. The summed E-state index contributed by atoms with van der Waals surface area (Å²) in [5, 5.41) is 8.99. The van der Waals surface area contributed by atoms with Crippen molar-refractivity contribution in [2.24, 2.45) is 5.92 Å². The first-order valence-corrected chi connectivity index (χ1v) is 9.36. The number of hydrogen-bond acceptors (Lipinski definition) is 2. The van der Waals surface area contributed by atoms with Gasteiger partial charge in [0.15, 0.2) is 0 Å². The van der Waals surface area contributed by atoms with Gasteiger partial charge in [-0.1, -0.05) is 60.7 Å². The van der Waals surface area contributed by atoms with Gasteiger partial charge in [0.1, 0.15) is 0 Å². The Balaban J connectivity index is 0.00000180. The van der Waals surface area contributed by atoms with E-state index >= 15 is 0 Å². The van der Waals surface area contributed by atoms with Gasteiger partial charge in [-0.15, -0.1) is 12.4 Å². The summed E-state index contributed by atoms with van der Waals surface area (Å²) in [4.78, 5) is 12.5. The van der Waals surface area contributed by atoms with E-state index in [2.05, 4.69) is 71.3 Å². The number of fused-ring (bicyclic) bond motifs is 2. The predicted octanol–water partition coefficient (Wildman–Crippen LogP) is 4.28. The number of carbonyl (C=O) groups is 1. The van der Waals surface area contributed by atoms with E-state index in [4.69, 9.17) is 0 Å².